The molecular formula is C6H10Cl2N2O3. The minimum Gasteiger partial charge on any atom is -0.437 e. The van der Waals surface area contributed by atoms with Crippen molar-refractivity contribution in [2.75, 3.05) is 6.54 Å². The summed E-state index contributed by atoms with van der Waals surface area (Å²) < 4.78 is 4.69. The molecule has 0 saturated heterocycles. The highest BCUT2D eigenvalue weighted by Gasteiger charge is 2.26. The smallest absolute Gasteiger partial charge is 0.304 e. The summed E-state index contributed by atoms with van der Waals surface area (Å²) in [6, 6.07) is 0. The first-order valence-corrected chi connectivity index (χ1v) is 4.45. The van der Waals surface area contributed by atoms with Gasteiger partial charge in [0.1, 0.15) is 0 Å². The van der Waals surface area contributed by atoms with Crippen LogP contribution >= 0.6 is 23.2 Å². The first-order chi connectivity index (χ1) is 6.02. The number of carbonyl (C=O) groups excluding carboxylic acids is 1. The van der Waals surface area contributed by atoms with Gasteiger partial charge in [-0.05, 0) is 6.92 Å². The van der Waals surface area contributed by atoms with Crippen molar-refractivity contribution in [3.63, 3.8) is 0 Å². The molecule has 0 aromatic heterocycles. The first-order valence-electron chi connectivity index (χ1n) is 3.58. The van der Waals surface area contributed by atoms with Gasteiger partial charge in [0.05, 0.1) is 5.29 Å². The summed E-state index contributed by atoms with van der Waals surface area (Å²) in [4.78, 5) is 19.8. The molecule has 0 heterocycles. The number of hydrogen-bond acceptors (Lipinski definition) is 4. The van der Waals surface area contributed by atoms with Crippen LogP contribution < -0.4 is 0 Å². The van der Waals surface area contributed by atoms with Crippen molar-refractivity contribution in [2.45, 2.75) is 24.9 Å². The number of alkyl halides is 2. The zero-order valence-electron chi connectivity index (χ0n) is 7.24. The van der Waals surface area contributed by atoms with E-state index < -0.39 is 17.0 Å². The quantitative estimate of drug-likeness (QED) is 0.236. The second-order valence-corrected chi connectivity index (χ2v) is 3.34. The number of nitrogens with zero attached hydrogens (tertiary/aromatic N) is 2. The third kappa shape index (κ3) is 4.28. The van der Waals surface area contributed by atoms with Crippen molar-refractivity contribution >= 4 is 29.2 Å². The van der Waals surface area contributed by atoms with Crippen molar-refractivity contribution in [1.82, 2.24) is 5.01 Å². The molecule has 0 bridgehead atoms. The molecule has 0 aromatic rings. The fourth-order valence-corrected chi connectivity index (χ4v) is 1.06. The molecule has 0 saturated carbocycles. The molecular weight excluding hydrogens is 219 g/mol. The normalized spacial score (nSPS) is 12.4. The van der Waals surface area contributed by atoms with Crippen LogP contribution in [0.4, 0.5) is 0 Å². The lowest BCUT2D eigenvalue weighted by Gasteiger charge is -2.24. The second kappa shape index (κ2) is 5.99. The van der Waals surface area contributed by atoms with E-state index in [0.29, 0.717) is 0 Å². The first kappa shape index (κ1) is 12.4. The van der Waals surface area contributed by atoms with Crippen LogP contribution in [0.3, 0.4) is 0 Å². The molecule has 0 aliphatic carbocycles. The Morgan fingerprint density at radius 3 is 2.38 bits per heavy atom. The lowest BCUT2D eigenvalue weighted by Crippen LogP contribution is -2.39. The van der Waals surface area contributed by atoms with E-state index in [-0.39, 0.29) is 6.54 Å². The molecule has 0 fully saturated rings. The molecule has 76 valence electrons. The van der Waals surface area contributed by atoms with Crippen molar-refractivity contribution in [1.29, 1.82) is 0 Å². The lowest BCUT2D eigenvalue weighted by molar-refractivity contribution is -0.155. The minimum atomic E-state index is -1.02. The van der Waals surface area contributed by atoms with Gasteiger partial charge in [-0.1, -0.05) is 23.2 Å². The molecule has 1 unspecified atom stereocenters. The van der Waals surface area contributed by atoms with Gasteiger partial charge in [-0.25, -0.2) is 5.01 Å². The molecule has 0 amide bonds. The van der Waals surface area contributed by atoms with Crippen LogP contribution in [0.1, 0.15) is 13.8 Å². The molecule has 0 aliphatic heterocycles. The minimum absolute atomic E-state index is 0.261. The Hall–Kier alpha value is -0.550. The Morgan fingerprint density at radius 2 is 2.15 bits per heavy atom. The molecule has 0 aliphatic rings. The molecule has 0 rings (SSSR count). The van der Waals surface area contributed by atoms with Crippen molar-refractivity contribution < 1.29 is 9.53 Å². The fourth-order valence-electron chi connectivity index (χ4n) is 0.697. The zero-order valence-corrected chi connectivity index (χ0v) is 8.75. The van der Waals surface area contributed by atoms with E-state index in [9.17, 15) is 9.70 Å². The number of hydrogen-bond donors (Lipinski definition) is 0. The number of nitroso groups, excluding NO2 is 1. The van der Waals surface area contributed by atoms with Crippen molar-refractivity contribution in [3.05, 3.63) is 4.91 Å². The SMILES string of the molecule is CCN(N=O)C(OC(C)=O)C(Cl)Cl. The van der Waals surface area contributed by atoms with Crippen LogP contribution in [-0.2, 0) is 9.53 Å². The Labute approximate surface area is 85.9 Å². The van der Waals surface area contributed by atoms with Gasteiger partial charge < -0.3 is 4.74 Å². The number of carbonyl (C=O) groups is 1. The summed E-state index contributed by atoms with van der Waals surface area (Å²) in [5.74, 6) is -0.571. The highest BCUT2D eigenvalue weighted by atomic mass is 35.5. The van der Waals surface area contributed by atoms with Gasteiger partial charge in [0, 0.05) is 13.5 Å². The standard InChI is InChI=1S/C6H10Cl2N2O3/c1-3-10(9-12)6(5(7)8)13-4(2)11/h5-6H,3H2,1-2H3. The average Bonchev–Trinajstić information content (AvgIpc) is 2.04. The van der Waals surface area contributed by atoms with Gasteiger partial charge >= 0.3 is 5.97 Å². The molecule has 0 radical (unpaired) electrons. The maximum absolute atomic E-state index is 10.6. The van der Waals surface area contributed by atoms with Gasteiger partial charge in [0.25, 0.3) is 0 Å². The zero-order chi connectivity index (χ0) is 10.4. The van der Waals surface area contributed by atoms with E-state index in [1.807, 2.05) is 0 Å². The maximum atomic E-state index is 10.6. The average molecular weight is 229 g/mol. The summed E-state index contributed by atoms with van der Waals surface area (Å²) in [6.45, 7) is 3.12. The van der Waals surface area contributed by atoms with E-state index in [0.717, 1.165) is 5.01 Å². The van der Waals surface area contributed by atoms with Gasteiger partial charge in [-0.3, -0.25) is 4.79 Å². The van der Waals surface area contributed by atoms with Crippen LogP contribution in [0.15, 0.2) is 5.29 Å². The molecule has 0 N–H and O–H groups in total. The number of rotatable bonds is 5. The van der Waals surface area contributed by atoms with E-state index in [2.05, 4.69) is 10.0 Å². The number of halogens is 2. The Kier molecular flexibility index (Phi) is 5.73. The summed E-state index contributed by atoms with van der Waals surface area (Å²) in [5.41, 5.74) is 0. The van der Waals surface area contributed by atoms with Crippen molar-refractivity contribution in [2.24, 2.45) is 5.29 Å². The molecule has 7 heteroatoms. The predicted octanol–water partition coefficient (Wildman–Crippen LogP) is 1.68. The maximum Gasteiger partial charge on any atom is 0.304 e. The number of esters is 1. The lowest BCUT2D eigenvalue weighted by atomic mass is 10.5. The fraction of sp³-hybridized carbons (Fsp3) is 0.833. The monoisotopic (exact) mass is 228 g/mol. The van der Waals surface area contributed by atoms with Crippen LogP contribution in [0.25, 0.3) is 0 Å². The van der Waals surface area contributed by atoms with Crippen molar-refractivity contribution in [3.8, 4) is 0 Å². The van der Waals surface area contributed by atoms with E-state index in [4.69, 9.17) is 23.2 Å². The van der Waals surface area contributed by atoms with E-state index in [1.54, 1.807) is 6.92 Å². The van der Waals surface area contributed by atoms with Crippen LogP contribution in [-0.4, -0.2) is 28.6 Å². The highest BCUT2D eigenvalue weighted by molar-refractivity contribution is 6.44. The van der Waals surface area contributed by atoms with Gasteiger partial charge in [0.15, 0.2) is 4.84 Å². The Morgan fingerprint density at radius 1 is 1.62 bits per heavy atom. The predicted molar refractivity (Wildman–Crippen MR) is 49.2 cm³/mol. The summed E-state index contributed by atoms with van der Waals surface area (Å²) in [6.07, 6.45) is -1.02. The van der Waals surface area contributed by atoms with E-state index >= 15 is 0 Å². The Bertz CT molecular complexity index is 189. The highest BCUT2D eigenvalue weighted by Crippen LogP contribution is 2.16. The van der Waals surface area contributed by atoms with Gasteiger partial charge in [0.2, 0.25) is 6.23 Å². The summed E-state index contributed by atoms with van der Waals surface area (Å²) in [7, 11) is 0. The molecule has 5 nitrogen and oxygen atoms in total. The topological polar surface area (TPSA) is 59.0 Å². The van der Waals surface area contributed by atoms with Crippen LogP contribution in [0.5, 0.6) is 0 Å². The summed E-state index contributed by atoms with van der Waals surface area (Å²) in [5, 5.41) is 3.57. The molecule has 0 aromatic carbocycles. The molecule has 0 spiro atoms. The third-order valence-electron chi connectivity index (χ3n) is 1.22. The van der Waals surface area contributed by atoms with Crippen LogP contribution in [0, 0.1) is 4.91 Å². The molecule has 13 heavy (non-hydrogen) atoms. The third-order valence-corrected chi connectivity index (χ3v) is 1.66. The van der Waals surface area contributed by atoms with Crippen LogP contribution in [0.2, 0.25) is 0 Å². The molecule has 1 atom stereocenters. The largest absolute Gasteiger partial charge is 0.437 e. The van der Waals surface area contributed by atoms with Gasteiger partial charge in [-0.15, -0.1) is 4.91 Å². The summed E-state index contributed by atoms with van der Waals surface area (Å²) >= 11 is 11.0. The van der Waals surface area contributed by atoms with E-state index in [1.165, 1.54) is 6.92 Å². The second-order valence-electron chi connectivity index (χ2n) is 2.17. The number of ether oxygens (including phenoxy) is 1. The Balaban J connectivity index is 4.38. The van der Waals surface area contributed by atoms with Gasteiger partial charge in [-0.2, -0.15) is 0 Å².